The van der Waals surface area contributed by atoms with E-state index in [4.69, 9.17) is 10.00 Å². The van der Waals surface area contributed by atoms with Gasteiger partial charge in [0, 0.05) is 24.7 Å². The van der Waals surface area contributed by atoms with E-state index >= 15 is 0 Å². The number of non-ortho nitro benzene ring substituents is 1. The Morgan fingerprint density at radius 1 is 1.39 bits per heavy atom. The summed E-state index contributed by atoms with van der Waals surface area (Å²) in [6, 6.07) is 7.12. The first-order valence-electron chi connectivity index (χ1n) is 7.60. The lowest BCUT2D eigenvalue weighted by Gasteiger charge is -2.38. The normalized spacial score (nSPS) is 21.1. The molecule has 7 heteroatoms. The average molecular weight is 339 g/mol. The molecule has 1 heterocycles. The second-order valence-corrected chi connectivity index (χ2v) is 5.76. The van der Waals surface area contributed by atoms with Crippen LogP contribution in [0, 0.1) is 21.4 Å². The molecule has 1 aliphatic rings. The van der Waals surface area contributed by atoms with Gasteiger partial charge in [0.05, 0.1) is 16.6 Å². The molecular weight excluding hydrogens is 318 g/mol. The van der Waals surface area contributed by atoms with E-state index in [-0.39, 0.29) is 23.8 Å². The van der Waals surface area contributed by atoms with Crippen LogP contribution in [0.4, 0.5) is 5.69 Å². The third-order valence-electron chi connectivity index (χ3n) is 4.28. The van der Waals surface area contributed by atoms with Crippen molar-refractivity contribution in [2.24, 2.45) is 0 Å². The number of likely N-dealkylation sites (tertiary alicyclic amines) is 1. The quantitative estimate of drug-likeness (QED) is 0.562. The molecule has 2 atom stereocenters. The van der Waals surface area contributed by atoms with E-state index in [0.717, 1.165) is 6.54 Å². The van der Waals surface area contributed by atoms with Gasteiger partial charge >= 0.3 is 0 Å². The van der Waals surface area contributed by atoms with Gasteiger partial charge in [-0.05, 0) is 32.8 Å². The molecule has 1 fully saturated rings. The highest BCUT2D eigenvalue weighted by Crippen LogP contribution is 2.25. The van der Waals surface area contributed by atoms with E-state index in [1.807, 2.05) is 6.07 Å². The van der Waals surface area contributed by atoms with Gasteiger partial charge in [-0.1, -0.05) is 6.42 Å². The Hall–Kier alpha value is -1.84. The van der Waals surface area contributed by atoms with Crippen molar-refractivity contribution in [2.45, 2.75) is 45.2 Å². The molecule has 23 heavy (non-hydrogen) atoms. The summed E-state index contributed by atoms with van der Waals surface area (Å²) in [5.74, 6) is 0.286. The smallest absolute Gasteiger partial charge is 0.273 e. The number of ether oxygens (including phenoxy) is 1. The summed E-state index contributed by atoms with van der Waals surface area (Å²) in [7, 11) is 0. The van der Waals surface area contributed by atoms with Crippen molar-refractivity contribution in [3.05, 3.63) is 33.9 Å². The van der Waals surface area contributed by atoms with Gasteiger partial charge in [0.2, 0.25) is 0 Å². The molecule has 0 aliphatic carbocycles. The van der Waals surface area contributed by atoms with Gasteiger partial charge < -0.3 is 17.1 Å². The predicted octanol–water partition coefficient (Wildman–Crippen LogP) is 0.112. The van der Waals surface area contributed by atoms with Crippen LogP contribution in [0.3, 0.4) is 0 Å². The monoisotopic (exact) mass is 338 g/mol. The van der Waals surface area contributed by atoms with Crippen LogP contribution in [-0.4, -0.2) is 35.1 Å². The van der Waals surface area contributed by atoms with Crippen molar-refractivity contribution in [2.75, 3.05) is 13.2 Å². The molecule has 1 aromatic rings. The molecular formula is C16H21ClN3O3-. The summed E-state index contributed by atoms with van der Waals surface area (Å²) in [6.07, 6.45) is 3.62. The lowest BCUT2D eigenvalue weighted by Crippen LogP contribution is -3.00. The van der Waals surface area contributed by atoms with Crippen LogP contribution in [0.25, 0.3) is 0 Å². The fourth-order valence-corrected chi connectivity index (χ4v) is 3.01. The van der Waals surface area contributed by atoms with Gasteiger partial charge in [0.25, 0.3) is 5.69 Å². The number of nitro groups is 1. The van der Waals surface area contributed by atoms with Gasteiger partial charge in [-0.15, -0.1) is 0 Å². The molecule has 0 radical (unpaired) electrons. The minimum Gasteiger partial charge on any atom is -1.00 e. The number of rotatable bonds is 5. The van der Waals surface area contributed by atoms with Crippen LogP contribution in [0.2, 0.25) is 0 Å². The van der Waals surface area contributed by atoms with Crippen molar-refractivity contribution in [3.63, 3.8) is 0 Å². The molecule has 0 amide bonds. The van der Waals surface area contributed by atoms with Crippen LogP contribution in [0.15, 0.2) is 18.2 Å². The fourth-order valence-electron chi connectivity index (χ4n) is 3.01. The second kappa shape index (κ2) is 8.70. The highest BCUT2D eigenvalue weighted by Gasteiger charge is 2.24. The number of nitrogens with zero attached hydrogens (tertiary/aromatic N) is 3. The summed E-state index contributed by atoms with van der Waals surface area (Å²) in [5.41, 5.74) is 0.263. The predicted molar refractivity (Wildman–Crippen MR) is 82.8 cm³/mol. The average Bonchev–Trinajstić information content (AvgIpc) is 2.50. The summed E-state index contributed by atoms with van der Waals surface area (Å²) in [5, 5.41) is 19.9. The standard InChI is InChI=1S/C16H21N3O3.ClH/c1-12-4-3-5-13(2)18(12)8-9-22-16-10-15(19(20)21)7-6-14(16)11-17;/h6-7,10,12-13H,3-5,8-9H2,1-2H3;1H/p-1. The zero-order valence-corrected chi connectivity index (χ0v) is 14.1. The molecule has 1 aliphatic heterocycles. The number of hydrogen-bond donors (Lipinski definition) is 0. The Morgan fingerprint density at radius 2 is 2.04 bits per heavy atom. The third kappa shape index (κ3) is 4.81. The van der Waals surface area contributed by atoms with E-state index in [0.29, 0.717) is 24.3 Å². The highest BCUT2D eigenvalue weighted by molar-refractivity contribution is 5.49. The number of nitriles is 1. The zero-order valence-electron chi connectivity index (χ0n) is 13.4. The van der Waals surface area contributed by atoms with Crippen LogP contribution in [-0.2, 0) is 0 Å². The number of halogens is 1. The molecule has 1 saturated heterocycles. The molecule has 0 saturated carbocycles. The molecule has 2 rings (SSSR count). The van der Waals surface area contributed by atoms with Gasteiger partial charge in [-0.3, -0.25) is 15.0 Å². The van der Waals surface area contributed by atoms with Crippen molar-refractivity contribution in [3.8, 4) is 11.8 Å². The lowest BCUT2D eigenvalue weighted by atomic mass is 9.98. The second-order valence-electron chi connectivity index (χ2n) is 5.76. The van der Waals surface area contributed by atoms with Gasteiger partial charge in [0.15, 0.2) is 0 Å². The van der Waals surface area contributed by atoms with Crippen LogP contribution < -0.4 is 17.1 Å². The maximum absolute atomic E-state index is 10.8. The molecule has 126 valence electrons. The zero-order chi connectivity index (χ0) is 16.1. The first-order chi connectivity index (χ1) is 10.5. The summed E-state index contributed by atoms with van der Waals surface area (Å²) in [4.78, 5) is 12.7. The first-order valence-corrected chi connectivity index (χ1v) is 7.60. The van der Waals surface area contributed by atoms with Gasteiger partial charge in [0.1, 0.15) is 18.4 Å². The SMILES string of the molecule is CC1CCCC(C)N1CCOc1cc([N+](=O)[O-])ccc1C#N.[Cl-]. The van der Waals surface area contributed by atoms with Crippen LogP contribution in [0.1, 0.15) is 38.7 Å². The Labute approximate surface area is 142 Å². The maximum Gasteiger partial charge on any atom is 0.273 e. The highest BCUT2D eigenvalue weighted by atomic mass is 35.5. The van der Waals surface area contributed by atoms with Gasteiger partial charge in [-0.25, -0.2) is 0 Å². The number of benzene rings is 1. The molecule has 0 aromatic heterocycles. The molecule has 6 nitrogen and oxygen atoms in total. The number of nitro benzene ring substituents is 1. The first kappa shape index (κ1) is 19.2. The Kier molecular flexibility index (Phi) is 7.27. The van der Waals surface area contributed by atoms with Crippen LogP contribution >= 0.6 is 0 Å². The van der Waals surface area contributed by atoms with E-state index in [1.165, 1.54) is 37.5 Å². The topological polar surface area (TPSA) is 79.4 Å². The molecule has 0 N–H and O–H groups in total. The lowest BCUT2D eigenvalue weighted by molar-refractivity contribution is -0.384. The minimum absolute atomic E-state index is 0. The Morgan fingerprint density at radius 3 is 2.61 bits per heavy atom. The van der Waals surface area contributed by atoms with E-state index in [2.05, 4.69) is 18.7 Å². The molecule has 0 spiro atoms. The number of hydrogen-bond acceptors (Lipinski definition) is 5. The van der Waals surface area contributed by atoms with Crippen molar-refractivity contribution >= 4 is 5.69 Å². The molecule has 1 aromatic carbocycles. The van der Waals surface area contributed by atoms with E-state index in [1.54, 1.807) is 0 Å². The van der Waals surface area contributed by atoms with E-state index in [9.17, 15) is 10.1 Å². The summed E-state index contributed by atoms with van der Waals surface area (Å²) in [6.45, 7) is 5.61. The Bertz CT molecular complexity index is 578. The fraction of sp³-hybridized carbons (Fsp3) is 0.562. The van der Waals surface area contributed by atoms with Crippen molar-refractivity contribution in [1.82, 2.24) is 4.90 Å². The third-order valence-corrected chi connectivity index (χ3v) is 4.28. The van der Waals surface area contributed by atoms with Crippen molar-refractivity contribution < 1.29 is 22.1 Å². The maximum atomic E-state index is 10.8. The van der Waals surface area contributed by atoms with E-state index < -0.39 is 4.92 Å². The van der Waals surface area contributed by atoms with Gasteiger partial charge in [-0.2, -0.15) is 5.26 Å². The van der Waals surface area contributed by atoms with Crippen LogP contribution in [0.5, 0.6) is 5.75 Å². The number of piperidine rings is 1. The Balaban J connectivity index is 0.00000264. The summed E-state index contributed by atoms with van der Waals surface area (Å²) < 4.78 is 5.65. The van der Waals surface area contributed by atoms with Crippen molar-refractivity contribution in [1.29, 1.82) is 5.26 Å². The molecule has 0 bridgehead atoms. The largest absolute Gasteiger partial charge is 1.00 e. The summed E-state index contributed by atoms with van der Waals surface area (Å²) >= 11 is 0. The minimum atomic E-state index is -0.483. The molecule has 2 unspecified atom stereocenters.